The lowest BCUT2D eigenvalue weighted by molar-refractivity contribution is -0.119. The molecular formula is C12H9Cl3N4O2S. The van der Waals surface area contributed by atoms with Gasteiger partial charge in [-0.25, -0.2) is 14.8 Å². The van der Waals surface area contributed by atoms with Gasteiger partial charge in [-0.3, -0.25) is 10.1 Å². The highest BCUT2D eigenvalue weighted by molar-refractivity contribution is 7.14. The first-order chi connectivity index (χ1) is 10.3. The van der Waals surface area contributed by atoms with E-state index in [1.807, 2.05) is 5.32 Å². The summed E-state index contributed by atoms with van der Waals surface area (Å²) < 4.78 is -2.21. The van der Waals surface area contributed by atoms with Crippen molar-refractivity contribution in [2.45, 2.75) is 10.7 Å². The number of carbonyl (C=O) groups excluding carboxylic acids is 2. The lowest BCUT2D eigenvalue weighted by atomic mass is 10.3. The molecule has 0 spiro atoms. The van der Waals surface area contributed by atoms with Gasteiger partial charge in [-0.1, -0.05) is 34.8 Å². The topological polar surface area (TPSA) is 84.0 Å². The van der Waals surface area contributed by atoms with Gasteiger partial charge in [0.25, 0.3) is 9.70 Å². The van der Waals surface area contributed by atoms with E-state index in [-0.39, 0.29) is 0 Å². The van der Waals surface area contributed by atoms with Crippen LogP contribution in [-0.2, 0) is 4.79 Å². The molecule has 0 saturated heterocycles. The van der Waals surface area contributed by atoms with Crippen molar-refractivity contribution in [3.05, 3.63) is 29.5 Å². The fourth-order valence-electron chi connectivity index (χ4n) is 1.52. The number of amides is 3. The molecule has 6 nitrogen and oxygen atoms in total. The number of anilines is 1. The average molecular weight is 380 g/mol. The molecule has 116 valence electrons. The molecule has 0 saturated carbocycles. The molecule has 0 bridgehead atoms. The molecule has 2 aromatic rings. The maximum atomic E-state index is 11.8. The molecule has 0 unspecified atom stereocenters. The van der Waals surface area contributed by atoms with Gasteiger partial charge in [-0.05, 0) is 24.4 Å². The summed E-state index contributed by atoms with van der Waals surface area (Å²) in [6, 6.07) is 2.59. The van der Waals surface area contributed by atoms with Crippen LogP contribution >= 0.6 is 46.1 Å². The molecule has 2 heterocycles. The van der Waals surface area contributed by atoms with Gasteiger partial charge in [0, 0.05) is 6.20 Å². The first kappa shape index (κ1) is 17.0. The number of aromatic nitrogens is 2. The third-order valence-corrected chi connectivity index (χ3v) is 3.86. The second kappa shape index (κ2) is 6.78. The monoisotopic (exact) mass is 378 g/mol. The minimum absolute atomic E-state index is 0.484. The molecule has 3 amide bonds. The van der Waals surface area contributed by atoms with Gasteiger partial charge in [0.2, 0.25) is 0 Å². The van der Waals surface area contributed by atoms with Crippen LogP contribution < -0.4 is 10.6 Å². The first-order valence-corrected chi connectivity index (χ1v) is 7.85. The van der Waals surface area contributed by atoms with Crippen molar-refractivity contribution in [2.24, 2.45) is 0 Å². The number of halogens is 3. The van der Waals surface area contributed by atoms with Crippen LogP contribution in [0.4, 0.5) is 10.5 Å². The van der Waals surface area contributed by atoms with Crippen LogP contribution in [0.25, 0.3) is 10.6 Å². The fraction of sp³-hybridized carbons (Fsp3) is 0.167. The number of alkyl halides is 3. The van der Waals surface area contributed by atoms with Crippen molar-refractivity contribution < 1.29 is 9.59 Å². The van der Waals surface area contributed by atoms with E-state index < -0.39 is 15.7 Å². The summed E-state index contributed by atoms with van der Waals surface area (Å²) in [5.41, 5.74) is 1.14. The molecule has 0 radical (unpaired) electrons. The van der Waals surface area contributed by atoms with Crippen LogP contribution in [-0.4, -0.2) is 25.7 Å². The minimum atomic E-state index is -2.21. The maximum absolute atomic E-state index is 11.8. The van der Waals surface area contributed by atoms with E-state index in [4.69, 9.17) is 34.8 Å². The number of carbonyl (C=O) groups is 2. The Morgan fingerprint density at radius 3 is 2.64 bits per heavy atom. The van der Waals surface area contributed by atoms with Crippen LogP contribution in [0.2, 0.25) is 0 Å². The average Bonchev–Trinajstić information content (AvgIpc) is 2.85. The molecule has 0 aliphatic heterocycles. The second-order valence-electron chi connectivity index (χ2n) is 4.06. The fourth-order valence-corrected chi connectivity index (χ4v) is 2.48. The highest BCUT2D eigenvalue weighted by Gasteiger charge is 2.32. The van der Waals surface area contributed by atoms with Crippen molar-refractivity contribution in [3.63, 3.8) is 0 Å². The van der Waals surface area contributed by atoms with Crippen LogP contribution in [0.3, 0.4) is 0 Å². The summed E-state index contributed by atoms with van der Waals surface area (Å²) in [6.07, 6.45) is 1.62. The number of nitrogens with one attached hydrogen (secondary N) is 2. The van der Waals surface area contributed by atoms with E-state index in [1.165, 1.54) is 11.3 Å². The predicted molar refractivity (Wildman–Crippen MR) is 87.5 cm³/mol. The van der Waals surface area contributed by atoms with Gasteiger partial charge < -0.3 is 5.32 Å². The number of hydrogen-bond acceptors (Lipinski definition) is 5. The third kappa shape index (κ3) is 4.30. The summed E-state index contributed by atoms with van der Waals surface area (Å²) in [5.74, 6) is -0.433. The first-order valence-electron chi connectivity index (χ1n) is 5.84. The van der Waals surface area contributed by atoms with Crippen LogP contribution in [0.15, 0.2) is 23.7 Å². The number of urea groups is 1. The Bertz CT molecular complexity index is 714. The van der Waals surface area contributed by atoms with Crippen LogP contribution in [0, 0.1) is 6.92 Å². The van der Waals surface area contributed by atoms with E-state index in [9.17, 15) is 9.59 Å². The summed E-state index contributed by atoms with van der Waals surface area (Å²) >= 11 is 17.5. The number of hydrogen-bond donors (Lipinski definition) is 2. The van der Waals surface area contributed by atoms with E-state index in [2.05, 4.69) is 15.3 Å². The van der Waals surface area contributed by atoms with E-state index in [0.717, 1.165) is 4.88 Å². The second-order valence-corrected chi connectivity index (χ2v) is 7.26. The lowest BCUT2D eigenvalue weighted by Gasteiger charge is -2.11. The Balaban J connectivity index is 2.14. The minimum Gasteiger partial charge on any atom is -0.306 e. The summed E-state index contributed by atoms with van der Waals surface area (Å²) in [7, 11) is 0. The van der Waals surface area contributed by atoms with Gasteiger partial charge in [0.15, 0.2) is 0 Å². The number of aryl methyl sites for hydroxylation is 1. The quantitative estimate of drug-likeness (QED) is 0.782. The summed E-state index contributed by atoms with van der Waals surface area (Å²) in [4.78, 5) is 32.2. The van der Waals surface area contributed by atoms with Gasteiger partial charge >= 0.3 is 6.03 Å². The molecule has 10 heteroatoms. The van der Waals surface area contributed by atoms with E-state index in [0.29, 0.717) is 17.2 Å². The lowest BCUT2D eigenvalue weighted by Crippen LogP contribution is -2.41. The van der Waals surface area contributed by atoms with Gasteiger partial charge in [-0.2, -0.15) is 0 Å². The van der Waals surface area contributed by atoms with Crippen molar-refractivity contribution in [1.82, 2.24) is 15.3 Å². The standard InChI is InChI=1S/C12H9Cl3N4O2S/c1-6-16-4-2-7(17-6)9-8(3-5-22-9)18-11(21)19-10(20)12(13,14)15/h2-5H,1H3,(H2,18,19,20,21). The summed E-state index contributed by atoms with van der Waals surface area (Å²) in [6.45, 7) is 1.76. The zero-order chi connectivity index (χ0) is 16.3. The molecule has 0 aliphatic rings. The van der Waals surface area contributed by atoms with Crippen molar-refractivity contribution in [3.8, 4) is 10.6 Å². The molecule has 0 atom stereocenters. The van der Waals surface area contributed by atoms with Gasteiger partial charge in [-0.15, -0.1) is 11.3 Å². The highest BCUT2D eigenvalue weighted by atomic mass is 35.6. The van der Waals surface area contributed by atoms with Crippen molar-refractivity contribution >= 4 is 63.8 Å². The molecular weight excluding hydrogens is 371 g/mol. The van der Waals surface area contributed by atoms with Gasteiger partial charge in [0.05, 0.1) is 16.3 Å². The van der Waals surface area contributed by atoms with Gasteiger partial charge in [0.1, 0.15) is 5.82 Å². The summed E-state index contributed by atoms with van der Waals surface area (Å²) in [5, 5.41) is 6.23. The molecule has 0 aromatic carbocycles. The molecule has 0 fully saturated rings. The Morgan fingerprint density at radius 1 is 1.27 bits per heavy atom. The molecule has 22 heavy (non-hydrogen) atoms. The van der Waals surface area contributed by atoms with Crippen LogP contribution in [0.5, 0.6) is 0 Å². The Labute approximate surface area is 144 Å². The van der Waals surface area contributed by atoms with E-state index >= 15 is 0 Å². The number of nitrogens with zero attached hydrogens (tertiary/aromatic N) is 2. The number of thiophene rings is 1. The molecule has 0 aliphatic carbocycles. The predicted octanol–water partition coefficient (Wildman–Crippen LogP) is 3.53. The Hall–Kier alpha value is -1.41. The zero-order valence-electron chi connectivity index (χ0n) is 11.1. The zero-order valence-corrected chi connectivity index (χ0v) is 14.1. The Kier molecular flexibility index (Phi) is 5.23. The Morgan fingerprint density at radius 2 is 2.00 bits per heavy atom. The van der Waals surface area contributed by atoms with Crippen LogP contribution in [0.1, 0.15) is 5.82 Å². The number of imide groups is 1. The molecule has 2 rings (SSSR count). The maximum Gasteiger partial charge on any atom is 0.326 e. The number of rotatable bonds is 2. The molecule has 2 N–H and O–H groups in total. The highest BCUT2D eigenvalue weighted by Crippen LogP contribution is 2.32. The smallest absolute Gasteiger partial charge is 0.306 e. The third-order valence-electron chi connectivity index (χ3n) is 2.41. The SMILES string of the molecule is Cc1nccc(-c2sccc2NC(=O)NC(=O)C(Cl)(Cl)Cl)n1. The molecule has 2 aromatic heterocycles. The van der Waals surface area contributed by atoms with E-state index in [1.54, 1.807) is 30.6 Å². The largest absolute Gasteiger partial charge is 0.326 e. The van der Waals surface area contributed by atoms with Crippen molar-refractivity contribution in [2.75, 3.05) is 5.32 Å². The van der Waals surface area contributed by atoms with Crippen molar-refractivity contribution in [1.29, 1.82) is 0 Å². The normalized spacial score (nSPS) is 11.1.